The van der Waals surface area contributed by atoms with E-state index in [2.05, 4.69) is 0 Å². The number of hydrogen-bond donors (Lipinski definition) is 2. The maximum Gasteiger partial charge on any atom is 0.196 e. The molecule has 4 N–H and O–H groups in total. The highest BCUT2D eigenvalue weighted by Gasteiger charge is 2.60. The van der Waals surface area contributed by atoms with Gasteiger partial charge >= 0.3 is 0 Å². The molecule has 0 aromatic heterocycles. The highest BCUT2D eigenvalue weighted by Crippen LogP contribution is 2.51. The van der Waals surface area contributed by atoms with Crippen molar-refractivity contribution in [1.29, 1.82) is 0 Å². The van der Waals surface area contributed by atoms with E-state index >= 15 is 8.42 Å². The fraction of sp³-hybridized carbons (Fsp3) is 0.125. The van der Waals surface area contributed by atoms with Gasteiger partial charge in [0.2, 0.25) is 0 Å². The highest BCUT2D eigenvalue weighted by molar-refractivity contribution is 7.94. The first-order valence-corrected chi connectivity index (χ1v) is 13.8. The summed E-state index contributed by atoms with van der Waals surface area (Å²) in [5, 5.41) is 0. The van der Waals surface area contributed by atoms with Crippen LogP contribution in [0.4, 0.5) is 0 Å². The normalized spacial score (nSPS) is 26.3. The van der Waals surface area contributed by atoms with E-state index in [0.29, 0.717) is 0 Å². The summed E-state index contributed by atoms with van der Waals surface area (Å²) in [6, 6.07) is 34.8. The molecule has 5 heteroatoms. The SMILES string of the molecule is NC1(S(=O)(=O)C2(N)C=Cc3ccccc3C2c2ccccc2)C=Cc2ccccc2C1c1ccccc1. The number of benzene rings is 4. The topological polar surface area (TPSA) is 86.2 Å². The van der Waals surface area contributed by atoms with Crippen LogP contribution in [0.1, 0.15) is 45.2 Å². The summed E-state index contributed by atoms with van der Waals surface area (Å²) in [6.07, 6.45) is 6.89. The minimum atomic E-state index is -4.28. The quantitative estimate of drug-likeness (QED) is 0.388. The Hall–Kier alpha value is -3.77. The Bertz CT molecular complexity index is 1510. The van der Waals surface area contributed by atoms with E-state index in [1.165, 1.54) is 0 Å². The van der Waals surface area contributed by atoms with Gasteiger partial charge in [-0.15, -0.1) is 0 Å². The molecule has 4 unspecified atom stereocenters. The van der Waals surface area contributed by atoms with E-state index in [1.54, 1.807) is 12.2 Å². The van der Waals surface area contributed by atoms with Crippen molar-refractivity contribution in [3.05, 3.63) is 155 Å². The Balaban J connectivity index is 1.60. The van der Waals surface area contributed by atoms with Crippen molar-refractivity contribution in [3.63, 3.8) is 0 Å². The van der Waals surface area contributed by atoms with Crippen molar-refractivity contribution in [2.24, 2.45) is 11.5 Å². The average Bonchev–Trinajstić information content (AvgIpc) is 2.93. The van der Waals surface area contributed by atoms with Crippen molar-refractivity contribution in [2.45, 2.75) is 21.6 Å². The predicted molar refractivity (Wildman–Crippen MR) is 150 cm³/mol. The van der Waals surface area contributed by atoms with Gasteiger partial charge < -0.3 is 11.5 Å². The third-order valence-corrected chi connectivity index (χ3v) is 10.4. The second kappa shape index (κ2) is 8.67. The van der Waals surface area contributed by atoms with Gasteiger partial charge in [-0.2, -0.15) is 0 Å². The van der Waals surface area contributed by atoms with Crippen molar-refractivity contribution in [1.82, 2.24) is 0 Å². The van der Waals surface area contributed by atoms with Gasteiger partial charge in [0.25, 0.3) is 0 Å². The Morgan fingerprint density at radius 2 is 0.865 bits per heavy atom. The first-order chi connectivity index (χ1) is 17.9. The molecule has 37 heavy (non-hydrogen) atoms. The van der Waals surface area contributed by atoms with Crippen molar-refractivity contribution < 1.29 is 8.42 Å². The molecular formula is C32H28N2O2S. The fourth-order valence-corrected chi connectivity index (χ4v) is 8.19. The summed E-state index contributed by atoms with van der Waals surface area (Å²) in [4.78, 5) is -3.58. The zero-order chi connectivity index (χ0) is 25.7. The minimum Gasteiger partial charge on any atom is -0.308 e. The molecule has 0 amide bonds. The fourth-order valence-electron chi connectivity index (χ4n) is 5.94. The molecule has 2 aliphatic rings. The van der Waals surface area contributed by atoms with Crippen LogP contribution in [0, 0.1) is 0 Å². The van der Waals surface area contributed by atoms with Gasteiger partial charge in [-0.1, -0.05) is 121 Å². The van der Waals surface area contributed by atoms with E-state index in [1.807, 2.05) is 121 Å². The molecule has 4 aromatic rings. The zero-order valence-corrected chi connectivity index (χ0v) is 21.1. The number of rotatable bonds is 4. The zero-order valence-electron chi connectivity index (χ0n) is 20.2. The van der Waals surface area contributed by atoms with Crippen LogP contribution in [0.15, 0.2) is 121 Å². The summed E-state index contributed by atoms with van der Waals surface area (Å²) in [6.45, 7) is 0. The molecule has 4 atom stereocenters. The summed E-state index contributed by atoms with van der Waals surface area (Å²) < 4.78 is 30.0. The van der Waals surface area contributed by atoms with Crippen LogP contribution in [0.3, 0.4) is 0 Å². The van der Waals surface area contributed by atoms with E-state index in [9.17, 15) is 0 Å². The first kappa shape index (κ1) is 23.6. The van der Waals surface area contributed by atoms with E-state index in [4.69, 9.17) is 11.5 Å². The van der Waals surface area contributed by atoms with Gasteiger partial charge in [-0.25, -0.2) is 8.42 Å². The molecule has 0 bridgehead atoms. The lowest BCUT2D eigenvalue weighted by Crippen LogP contribution is -2.65. The number of nitrogens with two attached hydrogens (primary N) is 2. The van der Waals surface area contributed by atoms with E-state index in [0.717, 1.165) is 33.4 Å². The predicted octanol–water partition coefficient (Wildman–Crippen LogP) is 5.43. The maximum absolute atomic E-state index is 15.0. The Morgan fingerprint density at radius 3 is 1.27 bits per heavy atom. The molecule has 4 aromatic carbocycles. The Morgan fingerprint density at radius 1 is 0.514 bits per heavy atom. The summed E-state index contributed by atoms with van der Waals surface area (Å²) in [5.41, 5.74) is 19.5. The third-order valence-electron chi connectivity index (χ3n) is 7.76. The van der Waals surface area contributed by atoms with Gasteiger partial charge in [0.15, 0.2) is 19.6 Å². The molecule has 0 radical (unpaired) electrons. The molecule has 2 aliphatic carbocycles. The van der Waals surface area contributed by atoms with Crippen LogP contribution in [0.2, 0.25) is 0 Å². The minimum absolute atomic E-state index is 0.637. The van der Waals surface area contributed by atoms with Crippen LogP contribution < -0.4 is 11.5 Å². The van der Waals surface area contributed by atoms with E-state index < -0.39 is 31.4 Å². The van der Waals surface area contributed by atoms with Gasteiger partial charge in [0, 0.05) is 11.8 Å². The van der Waals surface area contributed by atoms with Crippen molar-refractivity contribution in [2.75, 3.05) is 0 Å². The molecule has 0 fully saturated rings. The summed E-state index contributed by atoms with van der Waals surface area (Å²) in [7, 11) is -4.28. The first-order valence-electron chi connectivity index (χ1n) is 12.3. The molecule has 0 saturated heterocycles. The van der Waals surface area contributed by atoms with Crippen LogP contribution in [0.5, 0.6) is 0 Å². The van der Waals surface area contributed by atoms with Crippen molar-refractivity contribution in [3.8, 4) is 0 Å². The number of fused-ring (bicyclic) bond motifs is 2. The molecule has 0 aliphatic heterocycles. The van der Waals surface area contributed by atoms with Gasteiger partial charge in [0.1, 0.15) is 0 Å². The molecule has 4 nitrogen and oxygen atoms in total. The Kier molecular flexibility index (Phi) is 5.53. The maximum atomic E-state index is 15.0. The molecular weight excluding hydrogens is 476 g/mol. The number of sulfone groups is 1. The van der Waals surface area contributed by atoms with Gasteiger partial charge in [-0.05, 0) is 45.5 Å². The standard InChI is InChI=1S/C32H28N2O2S/c33-31(21-19-23-11-7-9-17-27(23)29(31)25-13-3-1-4-14-25)37(35,36)32(34)22-20-24-12-8-10-18-28(24)30(32)26-15-5-2-6-16-26/h1-22,29-30H,33-34H2. The molecule has 6 rings (SSSR count). The lowest BCUT2D eigenvalue weighted by Gasteiger charge is -2.47. The van der Waals surface area contributed by atoms with Crippen LogP contribution in [0.25, 0.3) is 12.2 Å². The van der Waals surface area contributed by atoms with Gasteiger partial charge in [0.05, 0.1) is 0 Å². The third kappa shape index (κ3) is 3.46. The van der Waals surface area contributed by atoms with Crippen LogP contribution in [-0.2, 0) is 9.84 Å². The smallest absolute Gasteiger partial charge is 0.196 e. The Labute approximate surface area is 217 Å². The molecule has 0 spiro atoms. The lowest BCUT2D eigenvalue weighted by molar-refractivity contribution is 0.480. The van der Waals surface area contributed by atoms with E-state index in [-0.39, 0.29) is 0 Å². The summed E-state index contributed by atoms with van der Waals surface area (Å²) in [5.74, 6) is -1.27. The lowest BCUT2D eigenvalue weighted by atomic mass is 9.78. The summed E-state index contributed by atoms with van der Waals surface area (Å²) >= 11 is 0. The van der Waals surface area contributed by atoms with Crippen LogP contribution in [-0.4, -0.2) is 18.2 Å². The largest absolute Gasteiger partial charge is 0.308 e. The molecule has 184 valence electrons. The van der Waals surface area contributed by atoms with Crippen LogP contribution >= 0.6 is 0 Å². The monoisotopic (exact) mass is 504 g/mol. The second-order valence-electron chi connectivity index (χ2n) is 9.82. The average molecular weight is 505 g/mol. The second-order valence-corrected chi connectivity index (χ2v) is 12.2. The highest BCUT2D eigenvalue weighted by atomic mass is 32.2. The van der Waals surface area contributed by atoms with Crippen molar-refractivity contribution >= 4 is 22.0 Å². The van der Waals surface area contributed by atoms with Gasteiger partial charge in [-0.3, -0.25) is 0 Å². The molecule has 0 heterocycles. The number of hydrogen-bond acceptors (Lipinski definition) is 4. The molecule has 0 saturated carbocycles.